The molecule has 0 aliphatic carbocycles. The third-order valence-corrected chi connectivity index (χ3v) is 5.70. The van der Waals surface area contributed by atoms with E-state index in [1.165, 1.54) is 11.3 Å². The van der Waals surface area contributed by atoms with E-state index in [4.69, 9.17) is 5.73 Å². The normalized spacial score (nSPS) is 11.3. The van der Waals surface area contributed by atoms with E-state index in [0.29, 0.717) is 12.2 Å². The molecule has 0 aliphatic rings. The van der Waals surface area contributed by atoms with Crippen molar-refractivity contribution in [3.8, 4) is 0 Å². The van der Waals surface area contributed by atoms with Gasteiger partial charge in [0.15, 0.2) is 0 Å². The Balaban J connectivity index is 2.26. The Kier molecular flexibility index (Phi) is 4.32. The van der Waals surface area contributed by atoms with Crippen LogP contribution in [0.5, 0.6) is 0 Å². The maximum absolute atomic E-state index is 12.3. The van der Waals surface area contributed by atoms with Crippen molar-refractivity contribution in [1.29, 1.82) is 0 Å². The van der Waals surface area contributed by atoms with E-state index in [0.717, 1.165) is 10.6 Å². The van der Waals surface area contributed by atoms with E-state index in [2.05, 4.69) is 4.72 Å². The van der Waals surface area contributed by atoms with Crippen LogP contribution in [0.15, 0.2) is 40.6 Å². The molecule has 2 rings (SSSR count). The standard InChI is InChI=1S/C13H17N3O2S2/c1-16(2)11-5-3-4-10(8-11)15-20(17,18)13-7-6-12(9-14)19-13/h3-8,15H,9,14H2,1-2H3. The maximum Gasteiger partial charge on any atom is 0.271 e. The molecule has 0 radical (unpaired) electrons. The van der Waals surface area contributed by atoms with Gasteiger partial charge in [-0.2, -0.15) is 0 Å². The molecule has 0 bridgehead atoms. The highest BCUT2D eigenvalue weighted by Gasteiger charge is 2.16. The van der Waals surface area contributed by atoms with E-state index < -0.39 is 10.0 Å². The second-order valence-electron chi connectivity index (χ2n) is 4.48. The van der Waals surface area contributed by atoms with Crippen LogP contribution in [0.4, 0.5) is 11.4 Å². The van der Waals surface area contributed by atoms with Crippen molar-refractivity contribution in [2.45, 2.75) is 10.8 Å². The fraction of sp³-hybridized carbons (Fsp3) is 0.231. The third-order valence-electron chi connectivity index (χ3n) is 2.72. The number of thiophene rings is 1. The van der Waals surface area contributed by atoms with Crippen LogP contribution in [0.2, 0.25) is 0 Å². The van der Waals surface area contributed by atoms with Gasteiger partial charge in [-0.1, -0.05) is 6.07 Å². The van der Waals surface area contributed by atoms with Crippen LogP contribution in [0.25, 0.3) is 0 Å². The molecule has 0 saturated heterocycles. The summed E-state index contributed by atoms with van der Waals surface area (Å²) in [6, 6.07) is 10.5. The zero-order chi connectivity index (χ0) is 14.8. The quantitative estimate of drug-likeness (QED) is 0.886. The van der Waals surface area contributed by atoms with Crippen molar-refractivity contribution < 1.29 is 8.42 Å². The largest absolute Gasteiger partial charge is 0.378 e. The number of anilines is 2. The van der Waals surface area contributed by atoms with E-state index >= 15 is 0 Å². The summed E-state index contributed by atoms with van der Waals surface area (Å²) in [4.78, 5) is 2.75. The fourth-order valence-electron chi connectivity index (χ4n) is 1.67. The van der Waals surface area contributed by atoms with Gasteiger partial charge in [0.1, 0.15) is 4.21 Å². The van der Waals surface area contributed by atoms with Crippen LogP contribution in [-0.2, 0) is 16.6 Å². The van der Waals surface area contributed by atoms with Crippen molar-refractivity contribution in [1.82, 2.24) is 0 Å². The number of sulfonamides is 1. The van der Waals surface area contributed by atoms with Gasteiger partial charge >= 0.3 is 0 Å². The molecule has 2 aromatic rings. The van der Waals surface area contributed by atoms with Gasteiger partial charge in [-0.15, -0.1) is 11.3 Å². The zero-order valence-electron chi connectivity index (χ0n) is 11.3. The number of rotatable bonds is 5. The molecule has 1 heterocycles. The first-order valence-corrected chi connectivity index (χ1v) is 8.31. The van der Waals surface area contributed by atoms with Gasteiger partial charge in [0.25, 0.3) is 10.0 Å². The topological polar surface area (TPSA) is 75.4 Å². The predicted octanol–water partition coefficient (Wildman–Crippen LogP) is 2.07. The van der Waals surface area contributed by atoms with E-state index in [9.17, 15) is 8.42 Å². The smallest absolute Gasteiger partial charge is 0.271 e. The summed E-state index contributed by atoms with van der Waals surface area (Å²) in [5, 5.41) is 0. The molecule has 3 N–H and O–H groups in total. The van der Waals surface area contributed by atoms with Gasteiger partial charge in [-0.25, -0.2) is 8.42 Å². The van der Waals surface area contributed by atoms with Gasteiger partial charge in [-0.3, -0.25) is 4.72 Å². The lowest BCUT2D eigenvalue weighted by Gasteiger charge is -2.14. The molecular weight excluding hydrogens is 294 g/mol. The number of nitrogens with two attached hydrogens (primary N) is 1. The highest BCUT2D eigenvalue weighted by Crippen LogP contribution is 2.25. The SMILES string of the molecule is CN(C)c1cccc(NS(=O)(=O)c2ccc(CN)s2)c1. The summed E-state index contributed by atoms with van der Waals surface area (Å²) in [6.07, 6.45) is 0. The first kappa shape index (κ1) is 14.8. The van der Waals surface area contributed by atoms with E-state index in [1.54, 1.807) is 24.3 Å². The molecule has 108 valence electrons. The molecule has 0 fully saturated rings. The van der Waals surface area contributed by atoms with E-state index in [1.807, 2.05) is 31.1 Å². The summed E-state index contributed by atoms with van der Waals surface area (Å²) >= 11 is 1.18. The Hall–Kier alpha value is -1.57. The summed E-state index contributed by atoms with van der Waals surface area (Å²) in [7, 11) is 0.256. The van der Waals surface area contributed by atoms with Crippen molar-refractivity contribution in [2.75, 3.05) is 23.7 Å². The minimum absolute atomic E-state index is 0.271. The van der Waals surface area contributed by atoms with Gasteiger partial charge < -0.3 is 10.6 Å². The molecule has 0 amide bonds. The predicted molar refractivity (Wildman–Crippen MR) is 83.8 cm³/mol. The Morgan fingerprint density at radius 1 is 1.25 bits per heavy atom. The molecule has 1 aromatic carbocycles. The lowest BCUT2D eigenvalue weighted by atomic mass is 10.3. The molecule has 7 heteroatoms. The lowest BCUT2D eigenvalue weighted by molar-refractivity contribution is 0.603. The summed E-state index contributed by atoms with van der Waals surface area (Å²) in [5.41, 5.74) is 6.97. The summed E-state index contributed by atoms with van der Waals surface area (Å²) in [6.45, 7) is 0.344. The van der Waals surface area contributed by atoms with Crippen LogP contribution in [0, 0.1) is 0 Å². The van der Waals surface area contributed by atoms with Crippen molar-refractivity contribution in [2.24, 2.45) is 5.73 Å². The van der Waals surface area contributed by atoms with Crippen molar-refractivity contribution >= 4 is 32.7 Å². The second-order valence-corrected chi connectivity index (χ2v) is 7.55. The van der Waals surface area contributed by atoms with Gasteiger partial charge in [0, 0.05) is 31.2 Å². The van der Waals surface area contributed by atoms with E-state index in [-0.39, 0.29) is 4.21 Å². The van der Waals surface area contributed by atoms with Crippen LogP contribution in [0.1, 0.15) is 4.88 Å². The summed E-state index contributed by atoms with van der Waals surface area (Å²) < 4.78 is 27.4. The molecule has 0 spiro atoms. The molecule has 0 aliphatic heterocycles. The van der Waals surface area contributed by atoms with Gasteiger partial charge in [0.2, 0.25) is 0 Å². The fourth-order valence-corrected chi connectivity index (χ4v) is 3.95. The Morgan fingerprint density at radius 3 is 2.60 bits per heavy atom. The first-order chi connectivity index (χ1) is 9.42. The molecule has 0 saturated carbocycles. The molecule has 20 heavy (non-hydrogen) atoms. The third kappa shape index (κ3) is 3.30. The minimum atomic E-state index is -3.55. The lowest BCUT2D eigenvalue weighted by Crippen LogP contribution is -2.13. The average molecular weight is 311 g/mol. The van der Waals surface area contributed by atoms with Crippen LogP contribution >= 0.6 is 11.3 Å². The van der Waals surface area contributed by atoms with Crippen molar-refractivity contribution in [3.63, 3.8) is 0 Å². The number of nitrogens with one attached hydrogen (secondary N) is 1. The summed E-state index contributed by atoms with van der Waals surface area (Å²) in [5.74, 6) is 0. The molecule has 5 nitrogen and oxygen atoms in total. The monoisotopic (exact) mass is 311 g/mol. The molecule has 1 aromatic heterocycles. The minimum Gasteiger partial charge on any atom is -0.378 e. The van der Waals surface area contributed by atoms with Crippen LogP contribution < -0.4 is 15.4 Å². The highest BCUT2D eigenvalue weighted by atomic mass is 32.2. The van der Waals surface area contributed by atoms with Gasteiger partial charge in [0.05, 0.1) is 5.69 Å². The zero-order valence-corrected chi connectivity index (χ0v) is 13.0. The molecular formula is C13H17N3O2S2. The van der Waals surface area contributed by atoms with Crippen molar-refractivity contribution in [3.05, 3.63) is 41.3 Å². The number of nitrogens with zero attached hydrogens (tertiary/aromatic N) is 1. The second kappa shape index (κ2) is 5.82. The molecule has 0 unspecified atom stereocenters. The Bertz CT molecular complexity index is 693. The molecule has 0 atom stereocenters. The number of benzene rings is 1. The van der Waals surface area contributed by atoms with Gasteiger partial charge in [-0.05, 0) is 30.3 Å². The Morgan fingerprint density at radius 2 is 2.00 bits per heavy atom. The number of hydrogen-bond donors (Lipinski definition) is 2. The average Bonchev–Trinajstić information content (AvgIpc) is 2.88. The van der Waals surface area contributed by atoms with Crippen LogP contribution in [-0.4, -0.2) is 22.5 Å². The highest BCUT2D eigenvalue weighted by molar-refractivity contribution is 7.94. The van der Waals surface area contributed by atoms with Crippen LogP contribution in [0.3, 0.4) is 0 Å². The Labute approximate surface area is 123 Å². The number of hydrogen-bond acceptors (Lipinski definition) is 5. The first-order valence-electron chi connectivity index (χ1n) is 6.01. The maximum atomic E-state index is 12.3.